The zero-order chi connectivity index (χ0) is 58.6. The van der Waals surface area contributed by atoms with Crippen molar-refractivity contribution in [3.05, 3.63) is 48.6 Å². The summed E-state index contributed by atoms with van der Waals surface area (Å²) in [5.74, 6) is -0.385. The molecule has 0 aromatic heterocycles. The number of aliphatic hydroxyl groups excluding tert-OH is 7. The van der Waals surface area contributed by atoms with Crippen LogP contribution in [0.25, 0.3) is 0 Å². The topological polar surface area (TPSA) is 214 Å². The van der Waals surface area contributed by atoms with Crippen LogP contribution in [0, 0.1) is 0 Å². The molecular weight excluding hydrogens is 1030 g/mol. The number of rotatable bonds is 55. The summed E-state index contributed by atoms with van der Waals surface area (Å²) in [6, 6.07) is 0. The Morgan fingerprint density at radius 1 is 0.407 bits per heavy atom. The molecule has 11 unspecified atom stereocenters. The van der Waals surface area contributed by atoms with Crippen LogP contribution in [0.2, 0.25) is 0 Å². The predicted octanol–water partition coefficient (Wildman–Crippen LogP) is 13.4. The fourth-order valence-electron chi connectivity index (χ4n) is 10.5. The fraction of sp³-hybridized carbons (Fsp3) is 0.866. The molecule has 474 valence electrons. The highest BCUT2D eigenvalue weighted by Gasteiger charge is 2.47. The van der Waals surface area contributed by atoms with Crippen molar-refractivity contribution >= 4 is 5.97 Å². The van der Waals surface area contributed by atoms with E-state index in [0.29, 0.717) is 13.0 Å². The lowest BCUT2D eigenvalue weighted by atomic mass is 9.98. The molecule has 0 spiro atoms. The van der Waals surface area contributed by atoms with E-state index < -0.39 is 80.7 Å². The number of esters is 1. The molecule has 11 atom stereocenters. The molecule has 14 nitrogen and oxygen atoms in total. The van der Waals surface area contributed by atoms with Gasteiger partial charge in [-0.25, -0.2) is 0 Å². The quantitative estimate of drug-likeness (QED) is 0.0171. The van der Waals surface area contributed by atoms with Gasteiger partial charge in [0.1, 0.15) is 54.9 Å². The molecule has 0 aliphatic carbocycles. The molecule has 2 aliphatic rings. The van der Waals surface area contributed by atoms with Crippen molar-refractivity contribution in [1.29, 1.82) is 0 Å². The van der Waals surface area contributed by atoms with Gasteiger partial charge in [-0.3, -0.25) is 4.79 Å². The van der Waals surface area contributed by atoms with Crippen LogP contribution in [0.15, 0.2) is 48.6 Å². The second-order valence-corrected chi connectivity index (χ2v) is 23.3. The largest absolute Gasteiger partial charge is 0.457 e. The van der Waals surface area contributed by atoms with E-state index in [-0.39, 0.29) is 25.6 Å². The molecule has 2 heterocycles. The van der Waals surface area contributed by atoms with Crippen molar-refractivity contribution in [2.75, 3.05) is 33.0 Å². The van der Waals surface area contributed by atoms with E-state index in [0.717, 1.165) is 70.6 Å². The zero-order valence-electron chi connectivity index (χ0n) is 51.3. The molecular formula is C67H122O14. The fourth-order valence-corrected chi connectivity index (χ4v) is 10.5. The summed E-state index contributed by atoms with van der Waals surface area (Å²) in [5.41, 5.74) is 0. The van der Waals surface area contributed by atoms with E-state index in [1.54, 1.807) is 0 Å². The van der Waals surface area contributed by atoms with Gasteiger partial charge in [-0.2, -0.15) is 0 Å². The van der Waals surface area contributed by atoms with Crippen LogP contribution >= 0.6 is 0 Å². The third-order valence-electron chi connectivity index (χ3n) is 15.8. The Morgan fingerprint density at radius 2 is 0.765 bits per heavy atom. The summed E-state index contributed by atoms with van der Waals surface area (Å²) >= 11 is 0. The molecule has 2 aliphatic heterocycles. The number of allylic oxidation sites excluding steroid dienone is 8. The molecule has 7 N–H and O–H groups in total. The second kappa shape index (κ2) is 53.4. The van der Waals surface area contributed by atoms with Crippen molar-refractivity contribution < 1.29 is 69.0 Å². The first-order valence-corrected chi connectivity index (χ1v) is 33.2. The van der Waals surface area contributed by atoms with Gasteiger partial charge in [0.25, 0.3) is 0 Å². The van der Waals surface area contributed by atoms with Crippen molar-refractivity contribution in [1.82, 2.24) is 0 Å². The highest BCUT2D eigenvalue weighted by Crippen LogP contribution is 2.27. The Bertz CT molecular complexity index is 1520. The van der Waals surface area contributed by atoms with Gasteiger partial charge < -0.3 is 64.2 Å². The third kappa shape index (κ3) is 39.3. The summed E-state index contributed by atoms with van der Waals surface area (Å²) < 4.78 is 34.5. The molecule has 2 saturated heterocycles. The highest BCUT2D eigenvalue weighted by atomic mass is 16.7. The molecule has 0 aromatic carbocycles. The summed E-state index contributed by atoms with van der Waals surface area (Å²) in [5, 5.41) is 72.5. The minimum atomic E-state index is -1.71. The SMILES string of the molecule is CCCCCCC/C=C\C/C=C\C/C=C\CCCCCCCCC(=O)OC(COCCCCCCCCCCCCCCCC/C=C\CCCCCCCCCC)COC1OC(COC2OC(CO)C(O)C(O)C2O)C(O)C(O)C1O. The van der Waals surface area contributed by atoms with Crippen molar-refractivity contribution in [2.45, 2.75) is 338 Å². The Kier molecular flexibility index (Phi) is 49.5. The van der Waals surface area contributed by atoms with E-state index in [9.17, 15) is 40.5 Å². The molecule has 0 saturated carbocycles. The summed E-state index contributed by atoms with van der Waals surface area (Å²) in [7, 11) is 0. The second-order valence-electron chi connectivity index (χ2n) is 23.3. The van der Waals surface area contributed by atoms with Crippen LogP contribution in [0.4, 0.5) is 0 Å². The van der Waals surface area contributed by atoms with Gasteiger partial charge in [-0.15, -0.1) is 0 Å². The van der Waals surface area contributed by atoms with Crippen molar-refractivity contribution in [3.8, 4) is 0 Å². The maximum Gasteiger partial charge on any atom is 0.306 e. The van der Waals surface area contributed by atoms with Crippen LogP contribution in [0.3, 0.4) is 0 Å². The smallest absolute Gasteiger partial charge is 0.306 e. The van der Waals surface area contributed by atoms with Gasteiger partial charge in [0, 0.05) is 13.0 Å². The monoisotopic (exact) mass is 1150 g/mol. The van der Waals surface area contributed by atoms with Crippen LogP contribution < -0.4 is 0 Å². The number of hydrogen-bond acceptors (Lipinski definition) is 14. The van der Waals surface area contributed by atoms with Gasteiger partial charge in [0.15, 0.2) is 12.6 Å². The number of unbranched alkanes of at least 4 members (excludes halogenated alkanes) is 33. The van der Waals surface area contributed by atoms with Gasteiger partial charge in [0.05, 0.1) is 26.4 Å². The lowest BCUT2D eigenvalue weighted by Gasteiger charge is -2.42. The molecule has 0 bridgehead atoms. The predicted molar refractivity (Wildman–Crippen MR) is 326 cm³/mol. The summed E-state index contributed by atoms with van der Waals surface area (Å²) in [6.07, 6.45) is 50.4. The molecule has 81 heavy (non-hydrogen) atoms. The summed E-state index contributed by atoms with van der Waals surface area (Å²) in [4.78, 5) is 13.1. The molecule has 0 amide bonds. The van der Waals surface area contributed by atoms with Gasteiger partial charge in [-0.05, 0) is 77.0 Å². The van der Waals surface area contributed by atoms with Gasteiger partial charge in [0.2, 0.25) is 0 Å². The number of aliphatic hydroxyl groups is 7. The third-order valence-corrected chi connectivity index (χ3v) is 15.8. The van der Waals surface area contributed by atoms with E-state index in [2.05, 4.69) is 62.5 Å². The van der Waals surface area contributed by atoms with Crippen LogP contribution in [0.5, 0.6) is 0 Å². The Hall–Kier alpha value is -2.05. The van der Waals surface area contributed by atoms with E-state index >= 15 is 0 Å². The van der Waals surface area contributed by atoms with E-state index in [1.807, 2.05) is 0 Å². The highest BCUT2D eigenvalue weighted by molar-refractivity contribution is 5.69. The Morgan fingerprint density at radius 3 is 1.21 bits per heavy atom. The van der Waals surface area contributed by atoms with Crippen LogP contribution in [-0.4, -0.2) is 142 Å². The molecule has 2 rings (SSSR count). The number of hydrogen-bond donors (Lipinski definition) is 7. The van der Waals surface area contributed by atoms with Gasteiger partial charge in [-0.1, -0.05) is 236 Å². The lowest BCUT2D eigenvalue weighted by Crippen LogP contribution is -2.61. The summed E-state index contributed by atoms with van der Waals surface area (Å²) in [6.45, 7) is 3.70. The van der Waals surface area contributed by atoms with E-state index in [1.165, 1.54) is 173 Å². The van der Waals surface area contributed by atoms with Gasteiger partial charge >= 0.3 is 5.97 Å². The van der Waals surface area contributed by atoms with Crippen LogP contribution in [0.1, 0.15) is 271 Å². The minimum Gasteiger partial charge on any atom is -0.457 e. The number of carbonyl (C=O) groups excluding carboxylic acids is 1. The zero-order valence-corrected chi connectivity index (χ0v) is 51.3. The number of carbonyl (C=O) groups is 1. The minimum absolute atomic E-state index is 0.0571. The molecule has 2 fully saturated rings. The van der Waals surface area contributed by atoms with Crippen molar-refractivity contribution in [2.24, 2.45) is 0 Å². The Labute approximate surface area is 492 Å². The molecule has 14 heteroatoms. The van der Waals surface area contributed by atoms with Crippen LogP contribution in [-0.2, 0) is 33.2 Å². The normalized spacial score (nSPS) is 24.0. The standard InChI is InChI=1S/C67H122O14/c1-3-5-7-9-11-13-15-17-19-21-23-25-26-27-28-29-31-33-35-37-39-41-43-45-47-49-51-76-53-56(54-77-66-65(75)63(73)61(71)58(81-66)55-78-67-64(74)62(72)60(70)57(52-68)80-67)79-59(69)50-48-46-44-42-40-38-36-34-32-30-24-22-20-18-16-14-12-10-8-6-4-2/h16,18,21-24,32,34,56-58,60-68,70-75H,3-15,17,19-20,25-31,33,35-55H2,1-2H3/b18-16-,23-21-,24-22-,34-32-. The first-order chi connectivity index (χ1) is 39.6. The first-order valence-electron chi connectivity index (χ1n) is 33.2. The molecule has 0 radical (unpaired) electrons. The maximum absolute atomic E-state index is 13.1. The molecule has 0 aromatic rings. The average molecular weight is 1150 g/mol. The Balaban J connectivity index is 1.66. The van der Waals surface area contributed by atoms with Crippen molar-refractivity contribution in [3.63, 3.8) is 0 Å². The first kappa shape index (κ1) is 75.0. The maximum atomic E-state index is 13.1. The average Bonchev–Trinajstić information content (AvgIpc) is 3.46. The number of ether oxygens (including phenoxy) is 6. The lowest BCUT2D eigenvalue weighted by molar-refractivity contribution is -0.332. The van der Waals surface area contributed by atoms with E-state index in [4.69, 9.17) is 28.4 Å².